The van der Waals surface area contributed by atoms with Crippen molar-refractivity contribution in [2.75, 3.05) is 33.2 Å². The summed E-state index contributed by atoms with van der Waals surface area (Å²) in [6.07, 6.45) is 3.49. The fourth-order valence-electron chi connectivity index (χ4n) is 3.10. The zero-order chi connectivity index (χ0) is 17.2. The van der Waals surface area contributed by atoms with E-state index in [0.29, 0.717) is 36.8 Å². The van der Waals surface area contributed by atoms with E-state index < -0.39 is 5.60 Å². The highest BCUT2D eigenvalue weighted by Crippen LogP contribution is 2.19. The highest BCUT2D eigenvalue weighted by Gasteiger charge is 2.36. The molecule has 0 bridgehead atoms. The highest BCUT2D eigenvalue weighted by molar-refractivity contribution is 6.30. The molecule has 0 radical (unpaired) electrons. The Bertz CT molecular complexity index is 689. The molecule has 128 valence electrons. The third-order valence-corrected chi connectivity index (χ3v) is 4.45. The average Bonchev–Trinajstić information content (AvgIpc) is 2.98. The van der Waals surface area contributed by atoms with Crippen LogP contribution in [0.25, 0.3) is 0 Å². The maximum Gasteiger partial charge on any atom is 0.253 e. The number of hydrogen-bond acceptors (Lipinski definition) is 4. The van der Waals surface area contributed by atoms with Gasteiger partial charge in [-0.05, 0) is 37.4 Å². The van der Waals surface area contributed by atoms with Crippen LogP contribution in [0, 0.1) is 0 Å². The molecule has 1 aromatic heterocycles. The standard InChI is InChI=1S/C17H21ClN4O2/c1-20-9-10-21(16(23)14-3-5-15(18)6-4-14)12-17(24,11-20)13-22-8-2-7-19-22/h2-8,24H,9-13H2,1H3/t17-/m1/s1. The lowest BCUT2D eigenvalue weighted by molar-refractivity contribution is -0.0137. The molecule has 1 aromatic carbocycles. The summed E-state index contributed by atoms with van der Waals surface area (Å²) in [5, 5.41) is 15.9. The molecular formula is C17H21ClN4O2. The second kappa shape index (κ2) is 6.93. The van der Waals surface area contributed by atoms with Gasteiger partial charge in [0.15, 0.2) is 0 Å². The first kappa shape index (κ1) is 17.0. The largest absolute Gasteiger partial charge is 0.385 e. The number of halogens is 1. The Hall–Kier alpha value is -1.89. The van der Waals surface area contributed by atoms with E-state index in [2.05, 4.69) is 5.10 Å². The second-order valence-electron chi connectivity index (χ2n) is 6.40. The fraction of sp³-hybridized carbons (Fsp3) is 0.412. The first-order chi connectivity index (χ1) is 11.5. The SMILES string of the molecule is CN1CCN(C(=O)c2ccc(Cl)cc2)C[C@@](O)(Cn2cccn2)C1. The van der Waals surface area contributed by atoms with E-state index in [-0.39, 0.29) is 12.5 Å². The molecule has 2 aromatic rings. The Morgan fingerprint density at radius 1 is 1.29 bits per heavy atom. The Morgan fingerprint density at radius 2 is 2.04 bits per heavy atom. The molecule has 0 unspecified atom stereocenters. The molecule has 3 rings (SSSR count). The van der Waals surface area contributed by atoms with Gasteiger partial charge < -0.3 is 14.9 Å². The topological polar surface area (TPSA) is 61.6 Å². The maximum atomic E-state index is 12.8. The van der Waals surface area contributed by atoms with Gasteiger partial charge >= 0.3 is 0 Å². The van der Waals surface area contributed by atoms with E-state index in [1.807, 2.05) is 24.2 Å². The summed E-state index contributed by atoms with van der Waals surface area (Å²) in [6.45, 7) is 2.37. The molecule has 0 spiro atoms. The van der Waals surface area contributed by atoms with Crippen LogP contribution < -0.4 is 0 Å². The van der Waals surface area contributed by atoms with Crippen LogP contribution in [0.1, 0.15) is 10.4 Å². The van der Waals surface area contributed by atoms with E-state index >= 15 is 0 Å². The molecule has 1 N–H and O–H groups in total. The number of carbonyl (C=O) groups excluding carboxylic acids is 1. The molecule has 1 aliphatic rings. The number of rotatable bonds is 3. The number of carbonyl (C=O) groups is 1. The number of aliphatic hydroxyl groups is 1. The molecular weight excluding hydrogens is 328 g/mol. The highest BCUT2D eigenvalue weighted by atomic mass is 35.5. The van der Waals surface area contributed by atoms with Crippen molar-refractivity contribution in [3.05, 3.63) is 53.3 Å². The number of β-amino-alcohol motifs (C(OH)–C–C–N with tert-alkyl or cyclic N) is 1. The predicted molar refractivity (Wildman–Crippen MR) is 92.0 cm³/mol. The van der Waals surface area contributed by atoms with Gasteiger partial charge in [-0.25, -0.2) is 0 Å². The van der Waals surface area contributed by atoms with Crippen molar-refractivity contribution < 1.29 is 9.90 Å². The van der Waals surface area contributed by atoms with E-state index in [4.69, 9.17) is 11.6 Å². The van der Waals surface area contributed by atoms with Crippen molar-refractivity contribution in [3.8, 4) is 0 Å². The lowest BCUT2D eigenvalue weighted by Crippen LogP contribution is -2.50. The van der Waals surface area contributed by atoms with Crippen LogP contribution in [-0.2, 0) is 6.54 Å². The van der Waals surface area contributed by atoms with Gasteiger partial charge in [0.25, 0.3) is 5.91 Å². The number of likely N-dealkylation sites (N-methyl/N-ethyl adjacent to an activating group) is 1. The van der Waals surface area contributed by atoms with E-state index in [1.165, 1.54) is 0 Å². The smallest absolute Gasteiger partial charge is 0.253 e. The minimum Gasteiger partial charge on any atom is -0.385 e. The van der Waals surface area contributed by atoms with Gasteiger partial charge in [-0.2, -0.15) is 5.10 Å². The van der Waals surface area contributed by atoms with Gasteiger partial charge in [0.1, 0.15) is 5.60 Å². The van der Waals surface area contributed by atoms with Crippen molar-refractivity contribution in [2.24, 2.45) is 0 Å². The molecule has 1 saturated heterocycles. The number of aromatic nitrogens is 2. The van der Waals surface area contributed by atoms with Crippen LogP contribution in [0.4, 0.5) is 0 Å². The van der Waals surface area contributed by atoms with Crippen LogP contribution in [-0.4, -0.2) is 69.4 Å². The Kier molecular flexibility index (Phi) is 4.89. The lowest BCUT2D eigenvalue weighted by atomic mass is 10.0. The summed E-state index contributed by atoms with van der Waals surface area (Å²) in [7, 11) is 1.95. The van der Waals surface area contributed by atoms with E-state index in [0.717, 1.165) is 0 Å². The molecule has 1 amide bonds. The molecule has 24 heavy (non-hydrogen) atoms. The van der Waals surface area contributed by atoms with Gasteiger partial charge in [-0.1, -0.05) is 11.6 Å². The first-order valence-electron chi connectivity index (χ1n) is 7.88. The van der Waals surface area contributed by atoms with Crippen molar-refractivity contribution in [1.82, 2.24) is 19.6 Å². The minimum atomic E-state index is -1.06. The minimum absolute atomic E-state index is 0.0964. The number of benzene rings is 1. The van der Waals surface area contributed by atoms with E-state index in [1.54, 1.807) is 40.0 Å². The van der Waals surface area contributed by atoms with Gasteiger partial charge in [0.2, 0.25) is 0 Å². The summed E-state index contributed by atoms with van der Waals surface area (Å²) < 4.78 is 1.70. The van der Waals surface area contributed by atoms with E-state index in [9.17, 15) is 9.90 Å². The van der Waals surface area contributed by atoms with Crippen LogP contribution in [0.5, 0.6) is 0 Å². The third-order valence-electron chi connectivity index (χ3n) is 4.19. The molecule has 1 aliphatic heterocycles. The zero-order valence-electron chi connectivity index (χ0n) is 13.6. The Labute approximate surface area is 146 Å². The van der Waals surface area contributed by atoms with Gasteiger partial charge in [-0.3, -0.25) is 9.48 Å². The monoisotopic (exact) mass is 348 g/mol. The molecule has 0 saturated carbocycles. The lowest BCUT2D eigenvalue weighted by Gasteiger charge is -2.32. The first-order valence-corrected chi connectivity index (χ1v) is 8.26. The predicted octanol–water partition coefficient (Wildman–Crippen LogP) is 1.36. The molecule has 1 atom stereocenters. The van der Waals surface area contributed by atoms with Gasteiger partial charge in [0.05, 0.1) is 13.1 Å². The summed E-state index contributed by atoms with van der Waals surface area (Å²) in [6, 6.07) is 8.65. The fourth-order valence-corrected chi connectivity index (χ4v) is 3.23. The summed E-state index contributed by atoms with van der Waals surface area (Å²) in [5.41, 5.74) is -0.482. The van der Waals surface area contributed by atoms with Crippen molar-refractivity contribution in [3.63, 3.8) is 0 Å². The number of hydrogen-bond donors (Lipinski definition) is 1. The molecule has 7 heteroatoms. The number of amides is 1. The normalized spacial score (nSPS) is 22.4. The second-order valence-corrected chi connectivity index (χ2v) is 6.84. The van der Waals surface area contributed by atoms with Gasteiger partial charge in [0, 0.05) is 42.6 Å². The van der Waals surface area contributed by atoms with Crippen LogP contribution >= 0.6 is 11.6 Å². The number of nitrogens with zero attached hydrogens (tertiary/aromatic N) is 4. The molecule has 2 heterocycles. The molecule has 1 fully saturated rings. The van der Waals surface area contributed by atoms with Crippen molar-refractivity contribution in [2.45, 2.75) is 12.1 Å². The van der Waals surface area contributed by atoms with Crippen molar-refractivity contribution >= 4 is 17.5 Å². The third kappa shape index (κ3) is 3.95. The summed E-state index contributed by atoms with van der Waals surface area (Å²) >= 11 is 5.89. The van der Waals surface area contributed by atoms with Gasteiger partial charge in [-0.15, -0.1) is 0 Å². The Morgan fingerprint density at radius 3 is 2.71 bits per heavy atom. The zero-order valence-corrected chi connectivity index (χ0v) is 14.4. The van der Waals surface area contributed by atoms with Crippen LogP contribution in [0.2, 0.25) is 5.02 Å². The summed E-state index contributed by atoms with van der Waals surface area (Å²) in [4.78, 5) is 16.5. The maximum absolute atomic E-state index is 12.8. The molecule has 6 nitrogen and oxygen atoms in total. The summed E-state index contributed by atoms with van der Waals surface area (Å²) in [5.74, 6) is -0.0964. The van der Waals surface area contributed by atoms with Crippen molar-refractivity contribution in [1.29, 1.82) is 0 Å². The molecule has 0 aliphatic carbocycles. The van der Waals surface area contributed by atoms with Crippen LogP contribution in [0.3, 0.4) is 0 Å². The van der Waals surface area contributed by atoms with Crippen LogP contribution in [0.15, 0.2) is 42.7 Å². The Balaban J connectivity index is 1.80. The average molecular weight is 349 g/mol. The quantitative estimate of drug-likeness (QED) is 0.909.